The van der Waals surface area contributed by atoms with E-state index in [0.717, 1.165) is 49.5 Å². The van der Waals surface area contributed by atoms with Crippen LogP contribution in [-0.4, -0.2) is 31.1 Å². The van der Waals surface area contributed by atoms with Crippen LogP contribution in [0.15, 0.2) is 47.5 Å². The first-order valence-corrected chi connectivity index (χ1v) is 11.0. The average Bonchev–Trinajstić information content (AvgIpc) is 3.57. The minimum atomic E-state index is -0.118. The lowest BCUT2D eigenvalue weighted by Gasteiger charge is -2.26. The predicted octanol–water partition coefficient (Wildman–Crippen LogP) is 4.32. The van der Waals surface area contributed by atoms with Gasteiger partial charge in [-0.3, -0.25) is 15.1 Å². The highest BCUT2D eigenvalue weighted by Gasteiger charge is 2.27. The Bertz CT molecular complexity index is 963. The van der Waals surface area contributed by atoms with Gasteiger partial charge in [0, 0.05) is 36.1 Å². The standard InChI is InChI=1S/C24H28N4O2/c29-23(28-24-25-12-3-13-26-24)17-10-11-22(21(14-17)16-8-9-16)27-18-4-1-7-20(15-18)30-19-5-2-6-19/h1,4,7,10-11,14-16,19,27H,2-3,5-6,8-9,12-13H2,(H2,25,26,28,29). The van der Waals surface area contributed by atoms with Crippen molar-refractivity contribution in [1.29, 1.82) is 0 Å². The fourth-order valence-corrected chi connectivity index (χ4v) is 3.83. The summed E-state index contributed by atoms with van der Waals surface area (Å²) in [7, 11) is 0. The van der Waals surface area contributed by atoms with Gasteiger partial charge in [-0.25, -0.2) is 0 Å². The first-order valence-electron chi connectivity index (χ1n) is 11.0. The zero-order chi connectivity index (χ0) is 20.3. The summed E-state index contributed by atoms with van der Waals surface area (Å²) in [5, 5.41) is 9.57. The summed E-state index contributed by atoms with van der Waals surface area (Å²) >= 11 is 0. The van der Waals surface area contributed by atoms with E-state index in [0.29, 0.717) is 23.5 Å². The van der Waals surface area contributed by atoms with Crippen molar-refractivity contribution in [3.63, 3.8) is 0 Å². The maximum atomic E-state index is 12.7. The minimum Gasteiger partial charge on any atom is -0.490 e. The normalized spacial score (nSPS) is 18.6. The van der Waals surface area contributed by atoms with Crippen LogP contribution in [0.4, 0.5) is 11.4 Å². The summed E-state index contributed by atoms with van der Waals surface area (Å²) in [5.74, 6) is 1.88. The third kappa shape index (κ3) is 4.42. The van der Waals surface area contributed by atoms with E-state index < -0.39 is 0 Å². The number of rotatable bonds is 6. The van der Waals surface area contributed by atoms with Gasteiger partial charge in [-0.1, -0.05) is 6.07 Å². The topological polar surface area (TPSA) is 74.8 Å². The summed E-state index contributed by atoms with van der Waals surface area (Å²) in [5.41, 5.74) is 3.93. The number of anilines is 2. The number of carbonyl (C=O) groups excluding carboxylic acids is 1. The number of aliphatic imine (C=N–C) groups is 1. The highest BCUT2D eigenvalue weighted by atomic mass is 16.5. The number of hydrogen-bond donors (Lipinski definition) is 3. The molecule has 156 valence electrons. The first-order chi connectivity index (χ1) is 14.7. The van der Waals surface area contributed by atoms with Gasteiger partial charge >= 0.3 is 0 Å². The molecule has 1 aliphatic heterocycles. The summed E-state index contributed by atoms with van der Waals surface area (Å²) in [6, 6.07) is 14.1. The van der Waals surface area contributed by atoms with Crippen molar-refractivity contribution in [3.8, 4) is 5.75 Å². The van der Waals surface area contributed by atoms with Gasteiger partial charge in [-0.15, -0.1) is 0 Å². The number of nitrogens with zero attached hydrogens (tertiary/aromatic N) is 1. The molecule has 0 unspecified atom stereocenters. The molecule has 0 bridgehead atoms. The number of hydrogen-bond acceptors (Lipinski definition) is 5. The molecule has 2 aromatic carbocycles. The van der Waals surface area contributed by atoms with Crippen molar-refractivity contribution in [1.82, 2.24) is 10.6 Å². The molecular formula is C24H28N4O2. The summed E-state index contributed by atoms with van der Waals surface area (Å²) in [6.07, 6.45) is 7.25. The molecule has 2 fully saturated rings. The summed E-state index contributed by atoms with van der Waals surface area (Å²) in [6.45, 7) is 1.60. The zero-order valence-electron chi connectivity index (χ0n) is 17.1. The number of ether oxygens (including phenoxy) is 1. The van der Waals surface area contributed by atoms with E-state index >= 15 is 0 Å². The Balaban J connectivity index is 1.32. The first kappa shape index (κ1) is 19.0. The van der Waals surface area contributed by atoms with Gasteiger partial charge in [-0.2, -0.15) is 0 Å². The quantitative estimate of drug-likeness (QED) is 0.670. The Kier molecular flexibility index (Phi) is 5.30. The molecule has 0 atom stereocenters. The van der Waals surface area contributed by atoms with E-state index in [1.165, 1.54) is 24.8 Å². The van der Waals surface area contributed by atoms with Crippen LogP contribution in [0.1, 0.15) is 60.4 Å². The molecule has 2 aliphatic carbocycles. The van der Waals surface area contributed by atoms with Gasteiger partial charge in [0.15, 0.2) is 5.96 Å². The molecule has 6 nitrogen and oxygen atoms in total. The van der Waals surface area contributed by atoms with Crippen molar-refractivity contribution < 1.29 is 9.53 Å². The monoisotopic (exact) mass is 404 g/mol. The van der Waals surface area contributed by atoms with Gasteiger partial charge in [0.05, 0.1) is 6.10 Å². The smallest absolute Gasteiger partial charge is 0.257 e. The van der Waals surface area contributed by atoms with Gasteiger partial charge in [0.2, 0.25) is 0 Å². The van der Waals surface area contributed by atoms with Gasteiger partial charge in [0.1, 0.15) is 5.75 Å². The molecule has 2 aromatic rings. The van der Waals surface area contributed by atoms with Crippen LogP contribution in [0.2, 0.25) is 0 Å². The van der Waals surface area contributed by atoms with E-state index in [1.54, 1.807) is 0 Å². The fraction of sp³-hybridized carbons (Fsp3) is 0.417. The van der Waals surface area contributed by atoms with Gasteiger partial charge in [-0.05, 0) is 80.3 Å². The molecule has 30 heavy (non-hydrogen) atoms. The molecule has 3 aliphatic rings. The third-order valence-corrected chi connectivity index (χ3v) is 5.93. The lowest BCUT2D eigenvalue weighted by Crippen LogP contribution is -2.43. The van der Waals surface area contributed by atoms with Crippen LogP contribution < -0.4 is 20.7 Å². The molecule has 0 saturated heterocycles. The Hall–Kier alpha value is -3.02. The molecule has 2 saturated carbocycles. The van der Waals surface area contributed by atoms with Crippen molar-refractivity contribution in [2.24, 2.45) is 4.99 Å². The fourth-order valence-electron chi connectivity index (χ4n) is 3.83. The van der Waals surface area contributed by atoms with Crippen LogP contribution in [0.3, 0.4) is 0 Å². The molecule has 0 spiro atoms. The van der Waals surface area contributed by atoms with Crippen LogP contribution in [-0.2, 0) is 0 Å². The number of amides is 1. The maximum absolute atomic E-state index is 12.7. The zero-order valence-corrected chi connectivity index (χ0v) is 17.1. The van der Waals surface area contributed by atoms with Gasteiger partial charge < -0.3 is 15.4 Å². The molecular weight excluding hydrogens is 376 g/mol. The highest BCUT2D eigenvalue weighted by Crippen LogP contribution is 2.44. The summed E-state index contributed by atoms with van der Waals surface area (Å²) < 4.78 is 6.03. The number of nitrogens with one attached hydrogen (secondary N) is 3. The Morgan fingerprint density at radius 2 is 1.97 bits per heavy atom. The summed E-state index contributed by atoms with van der Waals surface area (Å²) in [4.78, 5) is 17.0. The molecule has 0 radical (unpaired) electrons. The average molecular weight is 405 g/mol. The van der Waals surface area contributed by atoms with E-state index in [2.05, 4.69) is 33.1 Å². The van der Waals surface area contributed by atoms with Crippen LogP contribution >= 0.6 is 0 Å². The molecule has 6 heteroatoms. The molecule has 5 rings (SSSR count). The van der Waals surface area contributed by atoms with E-state index in [-0.39, 0.29) is 5.91 Å². The van der Waals surface area contributed by atoms with Crippen LogP contribution in [0.5, 0.6) is 5.75 Å². The van der Waals surface area contributed by atoms with Crippen molar-refractivity contribution in [2.45, 2.75) is 50.5 Å². The van der Waals surface area contributed by atoms with E-state index in [9.17, 15) is 4.79 Å². The number of guanidine groups is 1. The molecule has 1 amide bonds. The Labute approximate surface area is 177 Å². The predicted molar refractivity (Wildman–Crippen MR) is 119 cm³/mol. The largest absolute Gasteiger partial charge is 0.490 e. The molecule has 3 N–H and O–H groups in total. The van der Waals surface area contributed by atoms with Crippen molar-refractivity contribution in [3.05, 3.63) is 53.6 Å². The lowest BCUT2D eigenvalue weighted by atomic mass is 9.96. The van der Waals surface area contributed by atoms with Crippen molar-refractivity contribution in [2.75, 3.05) is 18.4 Å². The Morgan fingerprint density at radius 3 is 2.70 bits per heavy atom. The molecule has 1 heterocycles. The van der Waals surface area contributed by atoms with E-state index in [4.69, 9.17) is 4.74 Å². The van der Waals surface area contributed by atoms with Crippen LogP contribution in [0.25, 0.3) is 0 Å². The van der Waals surface area contributed by atoms with E-state index in [1.807, 2.05) is 30.3 Å². The second kappa shape index (κ2) is 8.38. The highest BCUT2D eigenvalue weighted by molar-refractivity contribution is 6.06. The second-order valence-electron chi connectivity index (χ2n) is 8.36. The lowest BCUT2D eigenvalue weighted by molar-refractivity contribution is 0.0975. The SMILES string of the molecule is O=C(NC1=NCCCN1)c1ccc(Nc2cccc(OC3CCC3)c2)c(C2CC2)c1. The minimum absolute atomic E-state index is 0.118. The van der Waals surface area contributed by atoms with Gasteiger partial charge in [0.25, 0.3) is 5.91 Å². The second-order valence-corrected chi connectivity index (χ2v) is 8.36. The maximum Gasteiger partial charge on any atom is 0.257 e. The number of benzene rings is 2. The Morgan fingerprint density at radius 1 is 1.07 bits per heavy atom. The number of carbonyl (C=O) groups is 1. The van der Waals surface area contributed by atoms with Crippen LogP contribution in [0, 0.1) is 0 Å². The third-order valence-electron chi connectivity index (χ3n) is 5.93. The molecule has 0 aromatic heterocycles. The van der Waals surface area contributed by atoms with Crippen molar-refractivity contribution >= 4 is 23.2 Å².